The fourth-order valence-electron chi connectivity index (χ4n) is 3.09. The third-order valence-corrected chi connectivity index (χ3v) is 4.46. The van der Waals surface area contributed by atoms with E-state index in [-0.39, 0.29) is 0 Å². The molecule has 0 spiro atoms. The Hall–Kier alpha value is -1.64. The molecule has 0 amide bonds. The van der Waals surface area contributed by atoms with Gasteiger partial charge in [0, 0.05) is 0 Å². The first-order chi connectivity index (χ1) is 10.8. The van der Waals surface area contributed by atoms with Gasteiger partial charge in [-0.3, -0.25) is 0 Å². The highest BCUT2D eigenvalue weighted by molar-refractivity contribution is 5.63. The van der Waals surface area contributed by atoms with E-state index in [0.29, 0.717) is 12.6 Å². The topological polar surface area (TPSA) is 35.2 Å². The predicted octanol–water partition coefficient (Wildman–Crippen LogP) is 4.31. The van der Waals surface area contributed by atoms with E-state index in [1.165, 1.54) is 47.9 Å². The van der Waals surface area contributed by atoms with Crippen LogP contribution < -0.4 is 5.73 Å². The number of ether oxygens (including phenoxy) is 1. The molecule has 1 saturated carbocycles. The molecule has 2 aromatic rings. The Morgan fingerprint density at radius 3 is 1.91 bits per heavy atom. The summed E-state index contributed by atoms with van der Waals surface area (Å²) in [5, 5.41) is 0. The van der Waals surface area contributed by atoms with Gasteiger partial charge in [0.15, 0.2) is 0 Å². The van der Waals surface area contributed by atoms with E-state index < -0.39 is 0 Å². The molecule has 2 aromatic carbocycles. The largest absolute Gasteiger partial charge is 0.374 e. The van der Waals surface area contributed by atoms with Gasteiger partial charge in [-0.25, -0.2) is 0 Å². The van der Waals surface area contributed by atoms with E-state index in [0.717, 1.165) is 13.0 Å². The minimum Gasteiger partial charge on any atom is -0.374 e. The van der Waals surface area contributed by atoms with E-state index in [1.54, 1.807) is 0 Å². The first kappa shape index (κ1) is 15.3. The second-order valence-corrected chi connectivity index (χ2v) is 6.15. The van der Waals surface area contributed by atoms with E-state index >= 15 is 0 Å². The Labute approximate surface area is 133 Å². The molecule has 0 heterocycles. The smallest absolute Gasteiger partial charge is 0.0720 e. The summed E-state index contributed by atoms with van der Waals surface area (Å²) in [4.78, 5) is 0. The van der Waals surface area contributed by atoms with Crippen LogP contribution in [-0.4, -0.2) is 12.6 Å². The van der Waals surface area contributed by atoms with Crippen LogP contribution in [0.25, 0.3) is 11.1 Å². The molecule has 116 valence electrons. The van der Waals surface area contributed by atoms with Crippen molar-refractivity contribution in [3.8, 4) is 11.1 Å². The van der Waals surface area contributed by atoms with E-state index in [2.05, 4.69) is 48.5 Å². The number of hydrogen-bond acceptors (Lipinski definition) is 2. The number of hydrogen-bond donors (Lipinski definition) is 1. The molecule has 0 bridgehead atoms. The summed E-state index contributed by atoms with van der Waals surface area (Å²) in [5.74, 6) is 0. The van der Waals surface area contributed by atoms with E-state index in [4.69, 9.17) is 10.5 Å². The van der Waals surface area contributed by atoms with Crippen molar-refractivity contribution in [1.29, 1.82) is 0 Å². The van der Waals surface area contributed by atoms with Crippen molar-refractivity contribution in [2.45, 2.75) is 44.8 Å². The van der Waals surface area contributed by atoms with Crippen molar-refractivity contribution in [2.24, 2.45) is 5.73 Å². The third-order valence-electron chi connectivity index (χ3n) is 4.46. The van der Waals surface area contributed by atoms with Gasteiger partial charge in [-0.15, -0.1) is 0 Å². The highest BCUT2D eigenvalue weighted by Crippen LogP contribution is 2.24. The molecule has 0 unspecified atom stereocenters. The molecule has 0 saturated heterocycles. The van der Waals surface area contributed by atoms with Gasteiger partial charge in [-0.05, 0) is 48.1 Å². The van der Waals surface area contributed by atoms with Crippen LogP contribution in [0, 0.1) is 0 Å². The average molecular weight is 295 g/mol. The zero-order valence-corrected chi connectivity index (χ0v) is 13.1. The Kier molecular flexibility index (Phi) is 5.25. The van der Waals surface area contributed by atoms with Crippen LogP contribution in [0.3, 0.4) is 0 Å². The van der Waals surface area contributed by atoms with Gasteiger partial charge in [0.05, 0.1) is 12.7 Å². The standard InChI is InChI=1S/C20H25NO/c21-14-13-16-5-9-18(10-6-16)19-11-7-17(8-12-19)15-22-20-3-1-2-4-20/h5-12,20H,1-4,13-15,21H2. The lowest BCUT2D eigenvalue weighted by Gasteiger charge is -2.11. The van der Waals surface area contributed by atoms with Crippen LogP contribution in [0.15, 0.2) is 48.5 Å². The van der Waals surface area contributed by atoms with Gasteiger partial charge >= 0.3 is 0 Å². The van der Waals surface area contributed by atoms with Gasteiger partial charge in [-0.2, -0.15) is 0 Å². The Morgan fingerprint density at radius 2 is 1.36 bits per heavy atom. The van der Waals surface area contributed by atoms with E-state index in [1.807, 2.05) is 0 Å². The fourth-order valence-corrected chi connectivity index (χ4v) is 3.09. The fraction of sp³-hybridized carbons (Fsp3) is 0.400. The van der Waals surface area contributed by atoms with Crippen LogP contribution in [0.2, 0.25) is 0 Å². The molecule has 2 N–H and O–H groups in total. The van der Waals surface area contributed by atoms with Crippen molar-refractivity contribution in [2.75, 3.05) is 6.54 Å². The minimum absolute atomic E-state index is 0.481. The summed E-state index contributed by atoms with van der Waals surface area (Å²) in [6, 6.07) is 17.4. The highest BCUT2D eigenvalue weighted by atomic mass is 16.5. The first-order valence-electron chi connectivity index (χ1n) is 8.35. The normalized spacial score (nSPS) is 15.3. The highest BCUT2D eigenvalue weighted by Gasteiger charge is 2.15. The molecule has 1 aliphatic rings. The lowest BCUT2D eigenvalue weighted by molar-refractivity contribution is 0.0457. The van der Waals surface area contributed by atoms with Crippen LogP contribution in [0.4, 0.5) is 0 Å². The minimum atomic E-state index is 0.481. The quantitative estimate of drug-likeness (QED) is 0.861. The molecule has 0 aromatic heterocycles. The molecule has 1 fully saturated rings. The zero-order valence-electron chi connectivity index (χ0n) is 13.1. The molecule has 0 atom stereocenters. The molecular weight excluding hydrogens is 270 g/mol. The summed E-state index contributed by atoms with van der Waals surface area (Å²) >= 11 is 0. The molecule has 0 radical (unpaired) electrons. The van der Waals surface area contributed by atoms with Crippen molar-refractivity contribution in [1.82, 2.24) is 0 Å². The maximum atomic E-state index is 5.97. The van der Waals surface area contributed by atoms with Crippen molar-refractivity contribution in [3.05, 3.63) is 59.7 Å². The summed E-state index contributed by atoms with van der Waals surface area (Å²) in [7, 11) is 0. The summed E-state index contributed by atoms with van der Waals surface area (Å²) in [6.45, 7) is 1.44. The Bertz CT molecular complexity index is 568. The van der Waals surface area contributed by atoms with Gasteiger partial charge < -0.3 is 10.5 Å². The van der Waals surface area contributed by atoms with Crippen molar-refractivity contribution in [3.63, 3.8) is 0 Å². The Morgan fingerprint density at radius 1 is 0.818 bits per heavy atom. The van der Waals surface area contributed by atoms with Crippen LogP contribution in [0.1, 0.15) is 36.8 Å². The molecular formula is C20H25NO. The SMILES string of the molecule is NCCc1ccc(-c2ccc(COC3CCCC3)cc2)cc1. The summed E-state index contributed by atoms with van der Waals surface area (Å²) in [5.41, 5.74) is 10.7. The van der Waals surface area contributed by atoms with E-state index in [9.17, 15) is 0 Å². The van der Waals surface area contributed by atoms with Crippen molar-refractivity contribution >= 4 is 0 Å². The van der Waals surface area contributed by atoms with Gasteiger partial charge in [0.1, 0.15) is 0 Å². The van der Waals surface area contributed by atoms with Crippen molar-refractivity contribution < 1.29 is 4.74 Å². The lowest BCUT2D eigenvalue weighted by atomic mass is 10.0. The predicted molar refractivity (Wildman–Crippen MR) is 91.7 cm³/mol. The van der Waals surface area contributed by atoms with Crippen LogP contribution in [0.5, 0.6) is 0 Å². The van der Waals surface area contributed by atoms with Crippen LogP contribution in [-0.2, 0) is 17.8 Å². The summed E-state index contributed by atoms with van der Waals surface area (Å²) in [6.07, 6.45) is 6.53. The number of nitrogens with two attached hydrogens (primary N) is 1. The maximum absolute atomic E-state index is 5.97. The monoisotopic (exact) mass is 295 g/mol. The number of benzene rings is 2. The molecule has 1 aliphatic carbocycles. The van der Waals surface area contributed by atoms with Gasteiger partial charge in [0.2, 0.25) is 0 Å². The van der Waals surface area contributed by atoms with Gasteiger partial charge in [-0.1, -0.05) is 61.4 Å². The number of rotatable bonds is 6. The lowest BCUT2D eigenvalue weighted by Crippen LogP contribution is -2.06. The zero-order chi connectivity index (χ0) is 15.2. The first-order valence-corrected chi connectivity index (χ1v) is 8.35. The molecule has 22 heavy (non-hydrogen) atoms. The molecule has 3 rings (SSSR count). The molecule has 2 nitrogen and oxygen atoms in total. The Balaban J connectivity index is 1.60. The molecule has 0 aliphatic heterocycles. The van der Waals surface area contributed by atoms with Crippen LogP contribution >= 0.6 is 0 Å². The second-order valence-electron chi connectivity index (χ2n) is 6.15. The summed E-state index contributed by atoms with van der Waals surface area (Å²) < 4.78 is 5.97. The third kappa shape index (κ3) is 3.96. The maximum Gasteiger partial charge on any atom is 0.0720 e. The molecule has 2 heteroatoms. The van der Waals surface area contributed by atoms with Gasteiger partial charge in [0.25, 0.3) is 0 Å². The average Bonchev–Trinajstić information content (AvgIpc) is 3.08. The second kappa shape index (κ2) is 7.57.